The minimum Gasteiger partial charge on any atom is -0.354 e. The normalized spacial score (nSPS) is 20.8. The van der Waals surface area contributed by atoms with E-state index in [1.807, 2.05) is 13.8 Å². The first-order valence-electron chi connectivity index (χ1n) is 8.37. The molecule has 5 heteroatoms. The Hall–Kier alpha value is -0.970. The molecule has 1 aliphatic heterocycles. The van der Waals surface area contributed by atoms with Gasteiger partial charge in [-0.15, -0.1) is 11.8 Å². The molecule has 4 nitrogen and oxygen atoms in total. The van der Waals surface area contributed by atoms with Gasteiger partial charge in [0.25, 0.3) is 0 Å². The summed E-state index contributed by atoms with van der Waals surface area (Å²) in [5, 5.41) is 3.11. The highest BCUT2D eigenvalue weighted by molar-refractivity contribution is 8.00. The van der Waals surface area contributed by atoms with Crippen molar-refractivity contribution in [3.05, 3.63) is 11.6 Å². The summed E-state index contributed by atoms with van der Waals surface area (Å²) in [6.45, 7) is 8.76. The van der Waals surface area contributed by atoms with Crippen molar-refractivity contribution in [2.24, 2.45) is 0 Å². The third-order valence-electron chi connectivity index (χ3n) is 3.74. The average Bonchev–Trinajstić information content (AvgIpc) is 2.90. The molecule has 0 spiro atoms. The van der Waals surface area contributed by atoms with Crippen LogP contribution in [0, 0.1) is 0 Å². The fraction of sp³-hybridized carbons (Fsp3) is 0.765. The third-order valence-corrected chi connectivity index (χ3v) is 5.19. The quantitative estimate of drug-likeness (QED) is 0.550. The SMILES string of the molecule is CCCCCCNC(=O)[C@@H]1CS[C@@H](CC)N1C(=O)C=C(C)C. The molecule has 1 heterocycles. The Morgan fingerprint density at radius 3 is 2.55 bits per heavy atom. The van der Waals surface area contributed by atoms with Crippen molar-refractivity contribution in [1.29, 1.82) is 0 Å². The lowest BCUT2D eigenvalue weighted by Crippen LogP contribution is -2.49. The van der Waals surface area contributed by atoms with Gasteiger partial charge < -0.3 is 10.2 Å². The van der Waals surface area contributed by atoms with Gasteiger partial charge in [0.05, 0.1) is 5.37 Å². The maximum absolute atomic E-state index is 12.4. The van der Waals surface area contributed by atoms with E-state index < -0.39 is 0 Å². The first-order valence-corrected chi connectivity index (χ1v) is 9.42. The molecule has 1 rings (SSSR count). The van der Waals surface area contributed by atoms with Crippen LogP contribution >= 0.6 is 11.8 Å². The molecule has 0 unspecified atom stereocenters. The Morgan fingerprint density at radius 2 is 1.95 bits per heavy atom. The Balaban J connectivity index is 2.60. The highest BCUT2D eigenvalue weighted by atomic mass is 32.2. The topological polar surface area (TPSA) is 49.4 Å². The molecule has 2 atom stereocenters. The van der Waals surface area contributed by atoms with Gasteiger partial charge in [0, 0.05) is 18.4 Å². The van der Waals surface area contributed by atoms with E-state index in [4.69, 9.17) is 0 Å². The molecule has 0 aliphatic carbocycles. The summed E-state index contributed by atoms with van der Waals surface area (Å²) < 4.78 is 0. The van der Waals surface area contributed by atoms with Crippen LogP contribution in [0.1, 0.15) is 59.8 Å². The van der Waals surface area contributed by atoms with Crippen LogP contribution in [0.4, 0.5) is 0 Å². The number of amides is 2. The summed E-state index contributed by atoms with van der Waals surface area (Å²) >= 11 is 1.70. The summed E-state index contributed by atoms with van der Waals surface area (Å²) in [5.41, 5.74) is 0.968. The molecule has 0 bridgehead atoms. The maximum Gasteiger partial charge on any atom is 0.248 e. The highest BCUT2D eigenvalue weighted by Gasteiger charge is 2.39. The fourth-order valence-electron chi connectivity index (χ4n) is 2.58. The van der Waals surface area contributed by atoms with E-state index in [9.17, 15) is 9.59 Å². The summed E-state index contributed by atoms with van der Waals surface area (Å²) in [5.74, 6) is 0.653. The molecule has 0 aromatic heterocycles. The zero-order valence-electron chi connectivity index (χ0n) is 14.4. The molecule has 1 saturated heterocycles. The fourth-order valence-corrected chi connectivity index (χ4v) is 3.94. The summed E-state index contributed by atoms with van der Waals surface area (Å²) in [7, 11) is 0. The van der Waals surface area contributed by atoms with Gasteiger partial charge in [0.1, 0.15) is 6.04 Å². The first-order chi connectivity index (χ1) is 10.5. The van der Waals surface area contributed by atoms with Crippen molar-refractivity contribution >= 4 is 23.6 Å². The van der Waals surface area contributed by atoms with Crippen molar-refractivity contribution in [3.8, 4) is 0 Å². The van der Waals surface area contributed by atoms with Crippen LogP contribution in [0.25, 0.3) is 0 Å². The van der Waals surface area contributed by atoms with Gasteiger partial charge in [-0.25, -0.2) is 0 Å². The van der Waals surface area contributed by atoms with E-state index in [0.717, 1.165) is 24.8 Å². The van der Waals surface area contributed by atoms with Crippen LogP contribution in [-0.2, 0) is 9.59 Å². The second kappa shape index (κ2) is 9.93. The van der Waals surface area contributed by atoms with Crippen LogP contribution in [0.3, 0.4) is 0 Å². The maximum atomic E-state index is 12.4. The lowest BCUT2D eigenvalue weighted by molar-refractivity contribution is -0.136. The zero-order valence-corrected chi connectivity index (χ0v) is 15.2. The van der Waals surface area contributed by atoms with Crippen molar-refractivity contribution in [2.45, 2.75) is 71.2 Å². The summed E-state index contributed by atoms with van der Waals surface area (Å²) in [6, 6.07) is -0.329. The monoisotopic (exact) mass is 326 g/mol. The molecule has 1 fully saturated rings. The van der Waals surface area contributed by atoms with Crippen molar-refractivity contribution in [1.82, 2.24) is 10.2 Å². The minimum absolute atomic E-state index is 0.00421. The molecule has 0 radical (unpaired) electrons. The van der Waals surface area contributed by atoms with Crippen LogP contribution in [0.5, 0.6) is 0 Å². The van der Waals surface area contributed by atoms with Crippen LogP contribution < -0.4 is 5.32 Å². The van der Waals surface area contributed by atoms with E-state index in [0.29, 0.717) is 12.3 Å². The zero-order chi connectivity index (χ0) is 16.5. The number of hydrogen-bond acceptors (Lipinski definition) is 3. The standard InChI is InChI=1S/C17H30N2O2S/c1-5-7-8-9-10-18-17(21)14-12-22-16(6-2)19(14)15(20)11-13(3)4/h11,14,16H,5-10,12H2,1-4H3,(H,18,21)/t14-,16-/m0/s1. The Bertz CT molecular complexity index is 405. The Labute approximate surface area is 139 Å². The molecule has 126 valence electrons. The van der Waals surface area contributed by atoms with Crippen molar-refractivity contribution in [2.75, 3.05) is 12.3 Å². The first kappa shape index (κ1) is 19.1. The second-order valence-electron chi connectivity index (χ2n) is 6.03. The van der Waals surface area contributed by atoms with Gasteiger partial charge in [-0.3, -0.25) is 9.59 Å². The van der Waals surface area contributed by atoms with E-state index in [-0.39, 0.29) is 23.2 Å². The van der Waals surface area contributed by atoms with E-state index in [1.165, 1.54) is 12.8 Å². The summed E-state index contributed by atoms with van der Waals surface area (Å²) in [6.07, 6.45) is 7.06. The lowest BCUT2D eigenvalue weighted by Gasteiger charge is -2.27. The average molecular weight is 327 g/mol. The van der Waals surface area contributed by atoms with Crippen molar-refractivity contribution in [3.63, 3.8) is 0 Å². The Morgan fingerprint density at radius 1 is 1.23 bits per heavy atom. The van der Waals surface area contributed by atoms with E-state index in [1.54, 1.807) is 22.7 Å². The smallest absolute Gasteiger partial charge is 0.248 e. The number of carbonyl (C=O) groups excluding carboxylic acids is 2. The third kappa shape index (κ3) is 5.67. The number of allylic oxidation sites excluding steroid dienone is 1. The van der Waals surface area contributed by atoms with Gasteiger partial charge in [-0.2, -0.15) is 0 Å². The minimum atomic E-state index is -0.329. The van der Waals surface area contributed by atoms with Crippen LogP contribution in [0.2, 0.25) is 0 Å². The van der Waals surface area contributed by atoms with E-state index in [2.05, 4.69) is 19.2 Å². The van der Waals surface area contributed by atoms with Gasteiger partial charge in [0.2, 0.25) is 11.8 Å². The number of thioether (sulfide) groups is 1. The molecule has 0 aromatic carbocycles. The number of nitrogens with one attached hydrogen (secondary N) is 1. The van der Waals surface area contributed by atoms with Gasteiger partial charge in [-0.1, -0.05) is 38.7 Å². The molecule has 22 heavy (non-hydrogen) atoms. The highest BCUT2D eigenvalue weighted by Crippen LogP contribution is 2.31. The predicted octanol–water partition coefficient (Wildman–Crippen LogP) is 3.33. The molecule has 0 saturated carbocycles. The number of hydrogen-bond donors (Lipinski definition) is 1. The van der Waals surface area contributed by atoms with Gasteiger partial charge in [0.15, 0.2) is 0 Å². The molecule has 1 N–H and O–H groups in total. The molecule has 1 aliphatic rings. The molecule has 0 aromatic rings. The largest absolute Gasteiger partial charge is 0.354 e. The predicted molar refractivity (Wildman–Crippen MR) is 93.8 cm³/mol. The molecular weight excluding hydrogens is 296 g/mol. The van der Waals surface area contributed by atoms with Crippen LogP contribution in [0.15, 0.2) is 11.6 Å². The molecular formula is C17H30N2O2S. The second-order valence-corrected chi connectivity index (χ2v) is 7.24. The van der Waals surface area contributed by atoms with Crippen molar-refractivity contribution < 1.29 is 9.59 Å². The van der Waals surface area contributed by atoms with Gasteiger partial charge >= 0.3 is 0 Å². The number of rotatable bonds is 8. The number of unbranched alkanes of at least 4 members (excludes halogenated alkanes) is 3. The lowest BCUT2D eigenvalue weighted by atomic mass is 10.2. The van der Waals surface area contributed by atoms with E-state index >= 15 is 0 Å². The van der Waals surface area contributed by atoms with Gasteiger partial charge in [-0.05, 0) is 26.7 Å². The Kier molecular flexibility index (Phi) is 8.61. The number of carbonyl (C=O) groups is 2. The number of nitrogens with zero attached hydrogens (tertiary/aromatic N) is 1. The summed E-state index contributed by atoms with van der Waals surface area (Å²) in [4.78, 5) is 26.6. The molecule has 2 amide bonds. The van der Waals surface area contributed by atoms with Crippen LogP contribution in [-0.4, -0.2) is 40.4 Å².